The van der Waals surface area contributed by atoms with Gasteiger partial charge >= 0.3 is 6.09 Å². The second-order valence-corrected chi connectivity index (χ2v) is 7.49. The van der Waals surface area contributed by atoms with E-state index in [-0.39, 0.29) is 11.4 Å². The van der Waals surface area contributed by atoms with Crippen molar-refractivity contribution in [2.45, 2.75) is 30.3 Å². The lowest BCUT2D eigenvalue weighted by atomic mass is 9.93. The largest absolute Gasteiger partial charge is 0.440 e. The topological polar surface area (TPSA) is 75.7 Å². The van der Waals surface area contributed by atoms with Crippen molar-refractivity contribution in [2.24, 2.45) is 0 Å². The molecule has 7 heteroatoms. The third-order valence-corrected chi connectivity index (χ3v) is 5.79. The first kappa shape index (κ1) is 14.3. The van der Waals surface area contributed by atoms with Crippen LogP contribution in [0.3, 0.4) is 0 Å². The zero-order valence-electron chi connectivity index (χ0n) is 11.8. The summed E-state index contributed by atoms with van der Waals surface area (Å²) in [6, 6.07) is 6.47. The van der Waals surface area contributed by atoms with E-state index in [1.165, 1.54) is 12.1 Å². The number of carbonyl (C=O) groups excluding carboxylic acids is 1. The van der Waals surface area contributed by atoms with Gasteiger partial charge < -0.3 is 10.1 Å². The fourth-order valence-electron chi connectivity index (χ4n) is 2.76. The summed E-state index contributed by atoms with van der Waals surface area (Å²) in [5, 5.41) is 3.18. The maximum Gasteiger partial charge on any atom is 0.424 e. The molecule has 2 saturated heterocycles. The quantitative estimate of drug-likeness (QED) is 0.890. The van der Waals surface area contributed by atoms with Crippen LogP contribution in [0.25, 0.3) is 0 Å². The van der Waals surface area contributed by atoms with Crippen molar-refractivity contribution >= 4 is 16.1 Å². The van der Waals surface area contributed by atoms with Crippen LogP contribution in [0.5, 0.6) is 0 Å². The molecule has 2 aliphatic heterocycles. The van der Waals surface area contributed by atoms with Crippen LogP contribution in [0.1, 0.15) is 18.4 Å². The molecule has 2 aliphatic rings. The first-order valence-corrected chi connectivity index (χ1v) is 8.40. The first-order valence-electron chi connectivity index (χ1n) is 6.96. The molecule has 2 fully saturated rings. The van der Waals surface area contributed by atoms with Crippen LogP contribution in [0.15, 0.2) is 29.2 Å². The van der Waals surface area contributed by atoms with E-state index in [2.05, 4.69) is 5.32 Å². The Balaban J connectivity index is 1.89. The molecule has 0 saturated carbocycles. The second kappa shape index (κ2) is 4.99. The molecule has 1 aromatic carbocycles. The molecule has 0 aromatic heterocycles. The molecular formula is C14H18N2O4S. The van der Waals surface area contributed by atoms with E-state index in [9.17, 15) is 13.2 Å². The van der Waals surface area contributed by atoms with E-state index in [4.69, 9.17) is 4.74 Å². The van der Waals surface area contributed by atoms with Crippen LogP contribution < -0.4 is 5.32 Å². The van der Waals surface area contributed by atoms with Crippen molar-refractivity contribution in [2.75, 3.05) is 19.6 Å². The number of amides is 1. The van der Waals surface area contributed by atoms with Crippen LogP contribution in [-0.2, 0) is 14.8 Å². The van der Waals surface area contributed by atoms with Crippen molar-refractivity contribution < 1.29 is 17.9 Å². The number of benzene rings is 1. The summed E-state index contributed by atoms with van der Waals surface area (Å²) in [7, 11) is -3.84. The van der Waals surface area contributed by atoms with Gasteiger partial charge in [-0.2, -0.15) is 4.31 Å². The highest BCUT2D eigenvalue weighted by molar-refractivity contribution is 7.89. The van der Waals surface area contributed by atoms with Crippen molar-refractivity contribution in [1.29, 1.82) is 0 Å². The minimum atomic E-state index is -3.84. The van der Waals surface area contributed by atoms with Gasteiger partial charge in [-0.1, -0.05) is 17.7 Å². The van der Waals surface area contributed by atoms with Crippen LogP contribution in [-0.4, -0.2) is 44.1 Å². The average Bonchev–Trinajstić information content (AvgIpc) is 2.77. The third kappa shape index (κ3) is 2.51. The predicted molar refractivity (Wildman–Crippen MR) is 76.4 cm³/mol. The molecule has 0 aliphatic carbocycles. The lowest BCUT2D eigenvalue weighted by molar-refractivity contribution is 0.0316. The molecule has 21 heavy (non-hydrogen) atoms. The van der Waals surface area contributed by atoms with Crippen molar-refractivity contribution in [3.63, 3.8) is 0 Å². The summed E-state index contributed by atoms with van der Waals surface area (Å²) in [5.74, 6) is 0. The number of hydrogen-bond donors (Lipinski definition) is 1. The molecule has 2 heterocycles. The summed E-state index contributed by atoms with van der Waals surface area (Å²) in [6.45, 7) is 3.44. The minimum absolute atomic E-state index is 0.101. The summed E-state index contributed by atoms with van der Waals surface area (Å²) in [6.07, 6.45) is 0.509. The standard InChI is InChI=1S/C14H18N2O4S/c1-11-2-4-12(5-3-11)21(18,19)16-10-14(20-13(16)17)6-8-15-9-7-14/h2-5,15H,6-10H2,1H3. The smallest absolute Gasteiger partial charge is 0.424 e. The van der Waals surface area contributed by atoms with Gasteiger partial charge in [-0.25, -0.2) is 13.2 Å². The first-order chi connectivity index (χ1) is 9.93. The SMILES string of the molecule is Cc1ccc(S(=O)(=O)N2CC3(CCNCC3)OC2=O)cc1. The Kier molecular flexibility index (Phi) is 3.41. The molecule has 0 atom stereocenters. The van der Waals surface area contributed by atoms with Gasteiger partial charge in [0.15, 0.2) is 0 Å². The highest BCUT2D eigenvalue weighted by Gasteiger charge is 2.50. The van der Waals surface area contributed by atoms with Crippen LogP contribution in [0.4, 0.5) is 4.79 Å². The molecule has 0 unspecified atom stereocenters. The summed E-state index contributed by atoms with van der Waals surface area (Å²) in [5.41, 5.74) is 0.299. The van der Waals surface area contributed by atoms with Crippen LogP contribution in [0.2, 0.25) is 0 Å². The van der Waals surface area contributed by atoms with Gasteiger partial charge in [0.1, 0.15) is 5.60 Å². The van der Waals surface area contributed by atoms with Crippen molar-refractivity contribution in [1.82, 2.24) is 9.62 Å². The Labute approximate surface area is 124 Å². The normalized spacial score (nSPS) is 21.6. The van der Waals surface area contributed by atoms with Gasteiger partial charge in [-0.3, -0.25) is 0 Å². The maximum atomic E-state index is 12.6. The molecule has 1 N–H and O–H groups in total. The summed E-state index contributed by atoms with van der Waals surface area (Å²) in [4.78, 5) is 12.2. The highest BCUT2D eigenvalue weighted by atomic mass is 32.2. The zero-order valence-corrected chi connectivity index (χ0v) is 12.6. The van der Waals surface area contributed by atoms with E-state index < -0.39 is 21.7 Å². The lowest BCUT2D eigenvalue weighted by Gasteiger charge is -2.31. The van der Waals surface area contributed by atoms with Crippen molar-refractivity contribution in [3.8, 4) is 0 Å². The molecule has 114 valence electrons. The number of piperidine rings is 1. The third-order valence-electron chi connectivity index (χ3n) is 4.06. The number of hydrogen-bond acceptors (Lipinski definition) is 5. The minimum Gasteiger partial charge on any atom is -0.440 e. The molecule has 3 rings (SSSR count). The number of ether oxygens (including phenoxy) is 1. The van der Waals surface area contributed by atoms with Gasteiger partial charge in [0.25, 0.3) is 10.0 Å². The number of rotatable bonds is 2. The van der Waals surface area contributed by atoms with Gasteiger partial charge in [0.2, 0.25) is 0 Å². The molecule has 0 radical (unpaired) electrons. The fourth-order valence-corrected chi connectivity index (χ4v) is 4.13. The van der Waals surface area contributed by atoms with Gasteiger partial charge in [-0.15, -0.1) is 0 Å². The van der Waals surface area contributed by atoms with Gasteiger partial charge in [0.05, 0.1) is 11.4 Å². The van der Waals surface area contributed by atoms with Crippen molar-refractivity contribution in [3.05, 3.63) is 29.8 Å². The summed E-state index contributed by atoms with van der Waals surface area (Å²) < 4.78 is 31.4. The zero-order chi connectivity index (χ0) is 15.1. The van der Waals surface area contributed by atoms with Crippen LogP contribution >= 0.6 is 0 Å². The van der Waals surface area contributed by atoms with E-state index in [1.807, 2.05) is 6.92 Å². The Morgan fingerprint density at radius 2 is 1.81 bits per heavy atom. The lowest BCUT2D eigenvalue weighted by Crippen LogP contribution is -2.45. The Bertz CT molecular complexity index is 648. The van der Waals surface area contributed by atoms with E-state index in [1.54, 1.807) is 12.1 Å². The average molecular weight is 310 g/mol. The fraction of sp³-hybridized carbons (Fsp3) is 0.500. The van der Waals surface area contributed by atoms with E-state index >= 15 is 0 Å². The highest BCUT2D eigenvalue weighted by Crippen LogP contribution is 2.34. The molecule has 1 spiro atoms. The molecular weight excluding hydrogens is 292 g/mol. The molecule has 1 aromatic rings. The number of carbonyl (C=O) groups is 1. The monoisotopic (exact) mass is 310 g/mol. The number of sulfonamides is 1. The second-order valence-electron chi connectivity index (χ2n) is 5.63. The molecule has 1 amide bonds. The Morgan fingerprint density at radius 1 is 1.19 bits per heavy atom. The van der Waals surface area contributed by atoms with Gasteiger partial charge in [0, 0.05) is 12.8 Å². The predicted octanol–water partition coefficient (Wildman–Crippen LogP) is 1.26. The number of nitrogens with one attached hydrogen (secondary N) is 1. The Morgan fingerprint density at radius 3 is 2.43 bits per heavy atom. The molecule has 6 nitrogen and oxygen atoms in total. The number of aryl methyl sites for hydroxylation is 1. The molecule has 0 bridgehead atoms. The Hall–Kier alpha value is -1.60. The number of nitrogens with zero attached hydrogens (tertiary/aromatic N) is 1. The van der Waals surface area contributed by atoms with E-state index in [0.717, 1.165) is 23.0 Å². The van der Waals surface area contributed by atoms with E-state index in [0.29, 0.717) is 12.8 Å². The van der Waals surface area contributed by atoms with Gasteiger partial charge in [-0.05, 0) is 32.1 Å². The van der Waals surface area contributed by atoms with Crippen LogP contribution in [0, 0.1) is 6.92 Å². The summed E-state index contributed by atoms with van der Waals surface area (Å²) >= 11 is 0. The maximum absolute atomic E-state index is 12.6.